The predicted molar refractivity (Wildman–Crippen MR) is 155 cm³/mol. The van der Waals surface area contributed by atoms with Gasteiger partial charge in [-0.3, -0.25) is 10.1 Å². The van der Waals surface area contributed by atoms with Gasteiger partial charge in [0.15, 0.2) is 0 Å². The van der Waals surface area contributed by atoms with Crippen molar-refractivity contribution >= 4 is 39.6 Å². The molecule has 0 atom stereocenters. The van der Waals surface area contributed by atoms with E-state index in [0.717, 1.165) is 57.3 Å². The van der Waals surface area contributed by atoms with Gasteiger partial charge in [0, 0.05) is 47.3 Å². The van der Waals surface area contributed by atoms with Gasteiger partial charge in [-0.1, -0.05) is 19.3 Å². The molecule has 0 saturated heterocycles. The van der Waals surface area contributed by atoms with Gasteiger partial charge in [-0.25, -0.2) is 4.79 Å². The first kappa shape index (κ1) is 25.6. The summed E-state index contributed by atoms with van der Waals surface area (Å²) in [5, 5.41) is 14.7. The number of aryl methyl sites for hydroxylation is 1. The predicted octanol–water partition coefficient (Wildman–Crippen LogP) is 5.76. The van der Waals surface area contributed by atoms with E-state index in [0.29, 0.717) is 23.0 Å². The third-order valence-electron chi connectivity index (χ3n) is 8.18. The Morgan fingerprint density at radius 2 is 1.74 bits per heavy atom. The summed E-state index contributed by atoms with van der Waals surface area (Å²) >= 11 is 3.38. The zero-order valence-corrected chi connectivity index (χ0v) is 23.5. The average Bonchev–Trinajstić information content (AvgIpc) is 3.68. The summed E-state index contributed by atoms with van der Waals surface area (Å²) in [5.41, 5.74) is 4.38. The Labute approximate surface area is 232 Å². The van der Waals surface area contributed by atoms with Crippen LogP contribution in [0.2, 0.25) is 0 Å². The highest BCUT2D eigenvalue weighted by atomic mass is 32.1. The molecule has 7 nitrogen and oxygen atoms in total. The molecule has 38 heavy (non-hydrogen) atoms. The summed E-state index contributed by atoms with van der Waals surface area (Å²) in [4.78, 5) is 29.2. The molecule has 3 aromatic heterocycles. The van der Waals surface area contributed by atoms with E-state index in [1.54, 1.807) is 22.7 Å². The molecule has 4 heterocycles. The molecule has 202 valence electrons. The molecule has 0 radical (unpaired) electrons. The maximum absolute atomic E-state index is 13.4. The molecule has 3 aliphatic rings. The number of aromatic nitrogens is 1. The normalized spacial score (nSPS) is 17.5. The van der Waals surface area contributed by atoms with Crippen LogP contribution in [0.15, 0.2) is 24.5 Å². The molecule has 1 fully saturated rings. The molecule has 0 bridgehead atoms. The van der Waals surface area contributed by atoms with Gasteiger partial charge in [0.1, 0.15) is 10.0 Å². The monoisotopic (exact) mass is 551 g/mol. The second kappa shape index (κ2) is 11.6. The third kappa shape index (κ3) is 5.42. The highest BCUT2D eigenvalue weighted by molar-refractivity contribution is 7.17. The number of fused-ring (bicyclic) bond motifs is 2. The molecule has 2 aliphatic carbocycles. The molecule has 1 saturated carbocycles. The molecular formula is C29H37N5O2S2. The minimum Gasteiger partial charge on any atom is -0.352 e. The summed E-state index contributed by atoms with van der Waals surface area (Å²) in [5.74, 6) is 0.544. The van der Waals surface area contributed by atoms with Crippen LogP contribution in [-0.4, -0.2) is 29.6 Å². The van der Waals surface area contributed by atoms with Gasteiger partial charge in [-0.15, -0.1) is 22.7 Å². The first-order chi connectivity index (χ1) is 18.7. The zero-order chi connectivity index (χ0) is 25.9. The number of amides is 3. The lowest BCUT2D eigenvalue weighted by Gasteiger charge is -2.22. The quantitative estimate of drug-likeness (QED) is 0.301. The Hall–Kier alpha value is -2.62. The van der Waals surface area contributed by atoms with Crippen molar-refractivity contribution in [3.8, 4) is 5.00 Å². The lowest BCUT2D eigenvalue weighted by Crippen LogP contribution is -2.33. The molecular weight excluding hydrogens is 514 g/mol. The minimum atomic E-state index is -0.253. The molecule has 0 unspecified atom stereocenters. The van der Waals surface area contributed by atoms with Gasteiger partial charge in [-0.2, -0.15) is 0 Å². The Kier molecular flexibility index (Phi) is 7.85. The maximum Gasteiger partial charge on any atom is 0.320 e. The summed E-state index contributed by atoms with van der Waals surface area (Å²) in [7, 11) is 0. The number of urea groups is 1. The topological polar surface area (TPSA) is 87.2 Å². The standard InChI is InChI=1S/C29H37N5O2S2/c35-26(31-16-19-8-2-1-3-9-19)25-21-10-4-5-11-23(21)37-27(25)33-29(36)32-17-22-20-12-13-30-18-24(20)38-28(22)34-14-6-7-15-34/h6-7,14-15,19,30H,1-5,8-13,16-18H2,(H,31,35)(H2,32,33,36). The van der Waals surface area contributed by atoms with E-state index in [1.165, 1.54) is 58.0 Å². The molecule has 3 aromatic rings. The lowest BCUT2D eigenvalue weighted by atomic mass is 9.89. The molecule has 9 heteroatoms. The van der Waals surface area contributed by atoms with Crippen molar-refractivity contribution in [1.29, 1.82) is 0 Å². The number of nitrogens with zero attached hydrogens (tertiary/aromatic N) is 1. The first-order valence-corrected chi connectivity index (χ1v) is 15.8. The van der Waals surface area contributed by atoms with E-state index in [1.807, 2.05) is 12.1 Å². The number of nitrogens with one attached hydrogen (secondary N) is 4. The lowest BCUT2D eigenvalue weighted by molar-refractivity contribution is 0.0943. The van der Waals surface area contributed by atoms with Crippen LogP contribution in [0.25, 0.3) is 5.00 Å². The molecule has 0 aromatic carbocycles. The van der Waals surface area contributed by atoms with Crippen LogP contribution in [0, 0.1) is 5.92 Å². The van der Waals surface area contributed by atoms with Crippen LogP contribution in [0.1, 0.15) is 81.7 Å². The minimum absolute atomic E-state index is 0.0282. The van der Waals surface area contributed by atoms with E-state index < -0.39 is 0 Å². The van der Waals surface area contributed by atoms with Gasteiger partial charge in [0.2, 0.25) is 0 Å². The molecule has 6 rings (SSSR count). The number of carbonyl (C=O) groups is 2. The van der Waals surface area contributed by atoms with Crippen molar-refractivity contribution in [2.45, 2.75) is 77.3 Å². The first-order valence-electron chi connectivity index (χ1n) is 14.1. The fourth-order valence-electron chi connectivity index (χ4n) is 6.17. The van der Waals surface area contributed by atoms with Crippen LogP contribution in [0.5, 0.6) is 0 Å². The van der Waals surface area contributed by atoms with Crippen molar-refractivity contribution in [2.75, 3.05) is 18.4 Å². The SMILES string of the molecule is O=C(NCc1c(-n2cccc2)sc2c1CCNC2)Nc1sc2c(c1C(=O)NCC1CCCCC1)CCCC2. The van der Waals surface area contributed by atoms with Gasteiger partial charge in [0.05, 0.1) is 5.56 Å². The number of hydrogen-bond acceptors (Lipinski definition) is 5. The Balaban J connectivity index is 1.17. The fourth-order valence-corrected chi connectivity index (χ4v) is 8.76. The fraction of sp³-hybridized carbons (Fsp3) is 0.517. The Morgan fingerprint density at radius 1 is 0.921 bits per heavy atom. The summed E-state index contributed by atoms with van der Waals surface area (Å²) in [6.45, 7) is 3.02. The molecule has 1 aliphatic heterocycles. The highest BCUT2D eigenvalue weighted by Crippen LogP contribution is 2.38. The average molecular weight is 552 g/mol. The van der Waals surface area contributed by atoms with Crippen molar-refractivity contribution in [3.63, 3.8) is 0 Å². The summed E-state index contributed by atoms with van der Waals surface area (Å²) in [6, 6.07) is 3.80. The number of carbonyl (C=O) groups excluding carboxylic acids is 2. The van der Waals surface area contributed by atoms with E-state index in [9.17, 15) is 9.59 Å². The van der Waals surface area contributed by atoms with Crippen LogP contribution < -0.4 is 21.3 Å². The van der Waals surface area contributed by atoms with Crippen LogP contribution >= 0.6 is 22.7 Å². The Morgan fingerprint density at radius 3 is 2.58 bits per heavy atom. The largest absolute Gasteiger partial charge is 0.352 e. The zero-order valence-electron chi connectivity index (χ0n) is 21.9. The highest BCUT2D eigenvalue weighted by Gasteiger charge is 2.27. The van der Waals surface area contributed by atoms with E-state index in [4.69, 9.17) is 0 Å². The number of hydrogen-bond donors (Lipinski definition) is 4. The summed E-state index contributed by atoms with van der Waals surface area (Å²) in [6.07, 6.45) is 15.4. The van der Waals surface area contributed by atoms with Gasteiger partial charge in [-0.05, 0) is 80.7 Å². The maximum atomic E-state index is 13.4. The second-order valence-corrected chi connectivity index (χ2v) is 12.9. The Bertz CT molecular complexity index is 1290. The molecule has 0 spiro atoms. The van der Waals surface area contributed by atoms with Gasteiger partial charge < -0.3 is 20.5 Å². The van der Waals surface area contributed by atoms with Crippen molar-refractivity contribution < 1.29 is 9.59 Å². The number of anilines is 1. The van der Waals surface area contributed by atoms with Crippen molar-refractivity contribution in [2.24, 2.45) is 5.92 Å². The van der Waals surface area contributed by atoms with Gasteiger partial charge >= 0.3 is 6.03 Å². The van der Waals surface area contributed by atoms with Crippen molar-refractivity contribution in [1.82, 2.24) is 20.5 Å². The van der Waals surface area contributed by atoms with Crippen LogP contribution in [0.4, 0.5) is 9.80 Å². The van der Waals surface area contributed by atoms with E-state index in [2.05, 4.69) is 38.2 Å². The smallest absolute Gasteiger partial charge is 0.320 e. The number of rotatable bonds is 7. The molecule has 4 N–H and O–H groups in total. The third-order valence-corrected chi connectivity index (χ3v) is 10.7. The van der Waals surface area contributed by atoms with Crippen LogP contribution in [0.3, 0.4) is 0 Å². The number of thiophene rings is 2. The van der Waals surface area contributed by atoms with Crippen molar-refractivity contribution in [3.05, 3.63) is 56.5 Å². The molecule has 3 amide bonds. The second-order valence-electron chi connectivity index (χ2n) is 10.7. The van der Waals surface area contributed by atoms with E-state index in [-0.39, 0.29) is 11.9 Å². The van der Waals surface area contributed by atoms with E-state index >= 15 is 0 Å². The van der Waals surface area contributed by atoms with Gasteiger partial charge in [0.25, 0.3) is 5.91 Å². The summed E-state index contributed by atoms with van der Waals surface area (Å²) < 4.78 is 2.14. The van der Waals surface area contributed by atoms with Crippen LogP contribution in [-0.2, 0) is 32.4 Å².